The first-order valence-corrected chi connectivity index (χ1v) is 13.0. The van der Waals surface area contributed by atoms with Crippen LogP contribution in [0.1, 0.15) is 5.56 Å². The Hall–Kier alpha value is -5.84. The Morgan fingerprint density at radius 1 is 0.833 bits per heavy atom. The number of imidazole rings is 1. The topological polar surface area (TPSA) is 125 Å². The van der Waals surface area contributed by atoms with E-state index in [4.69, 9.17) is 0 Å². The van der Waals surface area contributed by atoms with Gasteiger partial charge in [0.2, 0.25) is 5.91 Å². The van der Waals surface area contributed by atoms with E-state index in [9.17, 15) is 9.18 Å². The summed E-state index contributed by atoms with van der Waals surface area (Å²) in [4.78, 5) is 33.4. The molecule has 0 saturated heterocycles. The number of halogens is 2. The molecule has 0 bridgehead atoms. The van der Waals surface area contributed by atoms with Crippen molar-refractivity contribution in [1.29, 1.82) is 0 Å². The number of fused-ring (bicyclic) bond motifs is 2. The van der Waals surface area contributed by atoms with E-state index in [0.717, 1.165) is 5.56 Å². The van der Waals surface area contributed by atoms with Gasteiger partial charge < -0.3 is 10.3 Å². The standard InChI is InChI=1S/C31H20F2N8O/c32-20-8-6-18(7-9-20)28-29-22(10-11-35-28)38-31(39-29)30-25-23(40-41-30)16-36-27(26(25)33)19-13-21(15-34-14-19)37-24(42)12-17-4-2-1-3-5-17/h1-11,13-16H,12H2,(H,37,42)(H,38,39)(H,40,41). The van der Waals surface area contributed by atoms with E-state index >= 15 is 4.39 Å². The minimum absolute atomic E-state index is 0.0431. The monoisotopic (exact) mass is 558 g/mol. The molecule has 0 radical (unpaired) electrons. The Labute approximate surface area is 236 Å². The van der Waals surface area contributed by atoms with Crippen LogP contribution in [0.25, 0.3) is 56.0 Å². The van der Waals surface area contributed by atoms with Gasteiger partial charge in [-0.25, -0.2) is 13.8 Å². The molecule has 5 aromatic heterocycles. The molecule has 3 N–H and O–H groups in total. The Morgan fingerprint density at radius 3 is 2.50 bits per heavy atom. The second-order valence-electron chi connectivity index (χ2n) is 9.60. The average Bonchev–Trinajstić information content (AvgIpc) is 3.63. The highest BCUT2D eigenvalue weighted by molar-refractivity contribution is 5.97. The first-order chi connectivity index (χ1) is 20.5. The van der Waals surface area contributed by atoms with Gasteiger partial charge in [-0.3, -0.25) is 24.8 Å². The van der Waals surface area contributed by atoms with Crippen molar-refractivity contribution in [3.63, 3.8) is 0 Å². The number of nitrogens with one attached hydrogen (secondary N) is 3. The number of nitrogens with zero attached hydrogens (tertiary/aromatic N) is 5. The van der Waals surface area contributed by atoms with Crippen molar-refractivity contribution in [3.8, 4) is 34.0 Å². The van der Waals surface area contributed by atoms with Crippen LogP contribution < -0.4 is 5.32 Å². The van der Waals surface area contributed by atoms with Crippen LogP contribution in [-0.4, -0.2) is 41.0 Å². The number of carbonyl (C=O) groups is 1. The van der Waals surface area contributed by atoms with Gasteiger partial charge in [-0.05, 0) is 42.0 Å². The summed E-state index contributed by atoms with van der Waals surface area (Å²) in [6, 6.07) is 18.7. The molecule has 0 fully saturated rings. The Morgan fingerprint density at radius 2 is 1.67 bits per heavy atom. The van der Waals surface area contributed by atoms with Gasteiger partial charge >= 0.3 is 0 Å². The highest BCUT2D eigenvalue weighted by Gasteiger charge is 2.22. The largest absolute Gasteiger partial charge is 0.336 e. The molecule has 5 heterocycles. The molecule has 1 amide bonds. The maximum Gasteiger partial charge on any atom is 0.228 e. The van der Waals surface area contributed by atoms with Crippen LogP contribution in [0, 0.1) is 11.6 Å². The van der Waals surface area contributed by atoms with E-state index in [1.165, 1.54) is 30.7 Å². The number of rotatable bonds is 6. The lowest BCUT2D eigenvalue weighted by atomic mass is 10.1. The minimum atomic E-state index is -0.622. The normalized spacial score (nSPS) is 11.3. The third-order valence-electron chi connectivity index (χ3n) is 6.79. The number of hydrogen-bond donors (Lipinski definition) is 3. The number of pyridine rings is 3. The van der Waals surface area contributed by atoms with E-state index in [2.05, 4.69) is 40.4 Å². The van der Waals surface area contributed by atoms with Crippen molar-refractivity contribution in [3.05, 3.63) is 109 Å². The molecule has 0 unspecified atom stereocenters. The molecule has 204 valence electrons. The second kappa shape index (κ2) is 10.3. The fourth-order valence-corrected chi connectivity index (χ4v) is 4.84. The molecule has 9 nitrogen and oxygen atoms in total. The highest BCUT2D eigenvalue weighted by atomic mass is 19.1. The molecular weight excluding hydrogens is 538 g/mol. The third kappa shape index (κ3) is 4.62. The summed E-state index contributed by atoms with van der Waals surface area (Å²) in [7, 11) is 0. The number of benzene rings is 2. The van der Waals surface area contributed by atoms with Crippen molar-refractivity contribution in [2.75, 3.05) is 5.32 Å². The summed E-state index contributed by atoms with van der Waals surface area (Å²) in [5.74, 6) is -0.876. The molecule has 2 aromatic carbocycles. The fourth-order valence-electron chi connectivity index (χ4n) is 4.84. The zero-order valence-electron chi connectivity index (χ0n) is 21.8. The smallest absolute Gasteiger partial charge is 0.228 e. The predicted molar refractivity (Wildman–Crippen MR) is 154 cm³/mol. The van der Waals surface area contributed by atoms with Gasteiger partial charge in [-0.1, -0.05) is 30.3 Å². The molecule has 0 aliphatic heterocycles. The van der Waals surface area contributed by atoms with E-state index < -0.39 is 5.82 Å². The highest BCUT2D eigenvalue weighted by Crippen LogP contribution is 2.34. The number of carbonyl (C=O) groups excluding carboxylic acids is 1. The Balaban J connectivity index is 1.24. The van der Waals surface area contributed by atoms with Gasteiger partial charge in [0, 0.05) is 23.5 Å². The molecule has 0 aliphatic rings. The maximum atomic E-state index is 16.1. The molecular formula is C31H20F2N8O. The molecule has 7 rings (SSSR count). The number of aromatic nitrogens is 7. The van der Waals surface area contributed by atoms with Gasteiger partial charge in [0.15, 0.2) is 11.6 Å². The number of anilines is 1. The van der Waals surface area contributed by atoms with Gasteiger partial charge in [0.05, 0.1) is 46.6 Å². The van der Waals surface area contributed by atoms with Crippen LogP contribution in [0.15, 0.2) is 91.5 Å². The van der Waals surface area contributed by atoms with Crippen molar-refractivity contribution < 1.29 is 13.6 Å². The van der Waals surface area contributed by atoms with Crippen LogP contribution >= 0.6 is 0 Å². The lowest BCUT2D eigenvalue weighted by Gasteiger charge is -2.08. The van der Waals surface area contributed by atoms with Crippen molar-refractivity contribution >= 4 is 33.5 Å². The van der Waals surface area contributed by atoms with Crippen molar-refractivity contribution in [1.82, 2.24) is 35.1 Å². The van der Waals surface area contributed by atoms with Gasteiger partial charge in [-0.15, -0.1) is 0 Å². The Bertz CT molecular complexity index is 2090. The molecule has 7 aromatic rings. The zero-order chi connectivity index (χ0) is 28.6. The minimum Gasteiger partial charge on any atom is -0.336 e. The molecule has 42 heavy (non-hydrogen) atoms. The summed E-state index contributed by atoms with van der Waals surface area (Å²) in [6.07, 6.45) is 6.27. The van der Waals surface area contributed by atoms with E-state index in [1.807, 2.05) is 30.3 Å². The van der Waals surface area contributed by atoms with Crippen molar-refractivity contribution in [2.45, 2.75) is 6.42 Å². The molecule has 0 spiro atoms. The molecule has 0 aliphatic carbocycles. The second-order valence-corrected chi connectivity index (χ2v) is 9.60. The number of amides is 1. The lowest BCUT2D eigenvalue weighted by molar-refractivity contribution is -0.115. The molecule has 0 saturated carbocycles. The predicted octanol–water partition coefficient (Wildman–Crippen LogP) is 6.08. The van der Waals surface area contributed by atoms with E-state index in [-0.39, 0.29) is 34.9 Å². The van der Waals surface area contributed by atoms with Crippen LogP contribution in [0.3, 0.4) is 0 Å². The average molecular weight is 559 g/mol. The number of H-pyrrole nitrogens is 2. The first kappa shape index (κ1) is 25.1. The van der Waals surface area contributed by atoms with Crippen LogP contribution in [0.4, 0.5) is 14.5 Å². The molecule has 0 atom stereocenters. The summed E-state index contributed by atoms with van der Waals surface area (Å²) in [5.41, 5.74) is 4.78. The van der Waals surface area contributed by atoms with Crippen LogP contribution in [0.5, 0.6) is 0 Å². The third-order valence-corrected chi connectivity index (χ3v) is 6.79. The van der Waals surface area contributed by atoms with E-state index in [1.54, 1.807) is 30.5 Å². The zero-order valence-corrected chi connectivity index (χ0v) is 21.8. The first-order valence-electron chi connectivity index (χ1n) is 13.0. The Kier molecular flexibility index (Phi) is 6.16. The fraction of sp³-hybridized carbons (Fsp3) is 0.0323. The van der Waals surface area contributed by atoms with Gasteiger partial charge in [0.1, 0.15) is 22.7 Å². The van der Waals surface area contributed by atoms with E-state index in [0.29, 0.717) is 44.9 Å². The number of aromatic amines is 2. The SMILES string of the molecule is O=C(Cc1ccccc1)Nc1cncc(-c2ncc3[nH]nc(-c4nc5c(-c6ccc(F)cc6)nccc5[nH]4)c3c2F)c1. The summed E-state index contributed by atoms with van der Waals surface area (Å²) >= 11 is 0. The lowest BCUT2D eigenvalue weighted by Crippen LogP contribution is -2.14. The van der Waals surface area contributed by atoms with Gasteiger partial charge in [-0.2, -0.15) is 5.10 Å². The van der Waals surface area contributed by atoms with Crippen LogP contribution in [0.2, 0.25) is 0 Å². The van der Waals surface area contributed by atoms with Gasteiger partial charge in [0.25, 0.3) is 0 Å². The quantitative estimate of drug-likeness (QED) is 0.227. The van der Waals surface area contributed by atoms with Crippen molar-refractivity contribution in [2.24, 2.45) is 0 Å². The summed E-state index contributed by atoms with van der Waals surface area (Å²) < 4.78 is 29.6. The molecule has 11 heteroatoms. The summed E-state index contributed by atoms with van der Waals surface area (Å²) in [5, 5.41) is 10.2. The maximum absolute atomic E-state index is 16.1. The summed E-state index contributed by atoms with van der Waals surface area (Å²) in [6.45, 7) is 0. The number of hydrogen-bond acceptors (Lipinski definition) is 6. The van der Waals surface area contributed by atoms with Crippen LogP contribution in [-0.2, 0) is 11.2 Å².